The maximum absolute atomic E-state index is 12.4. The Kier molecular flexibility index (Phi) is 25.0. The number of carbonyl (C=O) groups is 3. The zero-order valence-corrected chi connectivity index (χ0v) is 32.1. The van der Waals surface area contributed by atoms with Crippen LogP contribution < -0.4 is 32.1 Å². The van der Waals surface area contributed by atoms with E-state index in [1.807, 2.05) is 64.1 Å². The van der Waals surface area contributed by atoms with Crippen molar-refractivity contribution < 1.29 is 25.3 Å². The van der Waals surface area contributed by atoms with Gasteiger partial charge in [0.25, 0.3) is 0 Å². The van der Waals surface area contributed by atoms with Crippen molar-refractivity contribution in [3.05, 3.63) is 41.5 Å². The predicted octanol–water partition coefficient (Wildman–Crippen LogP) is 5.80. The van der Waals surface area contributed by atoms with Crippen molar-refractivity contribution in [1.29, 1.82) is 0 Å². The van der Waals surface area contributed by atoms with Gasteiger partial charge in [0.1, 0.15) is 12.8 Å². The second-order valence-corrected chi connectivity index (χ2v) is 14.5. The molecule has 0 radical (unpaired) electrons. The molecule has 11 nitrogen and oxygen atoms in total. The van der Waals surface area contributed by atoms with E-state index in [9.17, 15) is 14.4 Å². The molecule has 0 saturated heterocycles. The highest BCUT2D eigenvalue weighted by atomic mass is 16.5. The SMILES string of the molecule is CC(C)(C)C#COCNC(C)(C)C.CC(C)(C)NC(=O)/C(=C/c1ccccc1)C(C)(C)C.CCC(=O)NC.CNC(=O)NNCOC.[HH]. The number of ether oxygens (including phenoxy) is 2. The van der Waals surface area contributed by atoms with E-state index < -0.39 is 0 Å². The summed E-state index contributed by atoms with van der Waals surface area (Å²) in [6.45, 7) is 27.2. The lowest BCUT2D eigenvalue weighted by molar-refractivity contribution is -0.120. The maximum atomic E-state index is 12.4. The normalized spacial score (nSPS) is 11.3. The van der Waals surface area contributed by atoms with Gasteiger partial charge in [0.15, 0.2) is 6.73 Å². The van der Waals surface area contributed by atoms with Gasteiger partial charge in [-0.15, -0.1) is 0 Å². The lowest BCUT2D eigenvalue weighted by Crippen LogP contribution is -2.43. The summed E-state index contributed by atoms with van der Waals surface area (Å²) >= 11 is 0. The molecule has 0 aliphatic carbocycles. The van der Waals surface area contributed by atoms with E-state index in [2.05, 4.69) is 111 Å². The third-order valence-electron chi connectivity index (χ3n) is 5.07. The number of urea groups is 1. The summed E-state index contributed by atoms with van der Waals surface area (Å²) in [5.41, 5.74) is 6.35. The Morgan fingerprint density at radius 1 is 0.830 bits per heavy atom. The lowest BCUT2D eigenvalue weighted by Gasteiger charge is -2.27. The second-order valence-electron chi connectivity index (χ2n) is 14.5. The predicted molar refractivity (Wildman–Crippen MR) is 197 cm³/mol. The van der Waals surface area contributed by atoms with Crippen LogP contribution in [-0.2, 0) is 19.1 Å². The molecule has 6 N–H and O–H groups in total. The molecule has 0 unspecified atom stereocenters. The molecule has 0 bridgehead atoms. The second kappa shape index (κ2) is 24.6. The van der Waals surface area contributed by atoms with Crippen molar-refractivity contribution in [3.8, 4) is 12.0 Å². The van der Waals surface area contributed by atoms with Gasteiger partial charge < -0.3 is 25.4 Å². The smallest absolute Gasteiger partial charge is 0.328 e. The van der Waals surface area contributed by atoms with E-state index in [4.69, 9.17) is 4.74 Å². The van der Waals surface area contributed by atoms with Crippen LogP contribution in [0, 0.1) is 22.9 Å². The van der Waals surface area contributed by atoms with Crippen LogP contribution in [0.4, 0.5) is 4.79 Å². The van der Waals surface area contributed by atoms with Gasteiger partial charge in [0.2, 0.25) is 11.8 Å². The minimum absolute atomic E-state index is 0. The molecule has 0 saturated carbocycles. The van der Waals surface area contributed by atoms with Crippen LogP contribution in [0.1, 0.15) is 103 Å². The minimum atomic E-state index is -0.285. The van der Waals surface area contributed by atoms with Gasteiger partial charge in [0.05, 0.1) is 0 Å². The Morgan fingerprint density at radius 3 is 1.74 bits per heavy atom. The first kappa shape index (κ1) is 47.8. The van der Waals surface area contributed by atoms with Gasteiger partial charge in [-0.05, 0) is 79.4 Å². The number of benzene rings is 1. The van der Waals surface area contributed by atoms with Gasteiger partial charge in [-0.2, -0.15) is 0 Å². The van der Waals surface area contributed by atoms with Crippen molar-refractivity contribution >= 4 is 23.9 Å². The van der Waals surface area contributed by atoms with Crippen LogP contribution in [0.5, 0.6) is 0 Å². The molecule has 0 fully saturated rings. The molecule has 4 amide bonds. The first-order chi connectivity index (χ1) is 21.4. The van der Waals surface area contributed by atoms with Gasteiger partial charge in [-0.25, -0.2) is 10.2 Å². The number of methoxy groups -OCH3 is 1. The summed E-state index contributed by atoms with van der Waals surface area (Å²) in [5.74, 6) is 3.09. The molecule has 0 aromatic heterocycles. The van der Waals surface area contributed by atoms with E-state index in [0.717, 1.165) is 11.1 Å². The number of rotatable bonds is 8. The number of hydrazine groups is 1. The number of amides is 4. The fraction of sp³-hybridized carbons (Fsp3) is 0.639. The Hall–Kier alpha value is -3.59. The van der Waals surface area contributed by atoms with E-state index in [-0.39, 0.29) is 41.2 Å². The molecular weight excluding hydrogens is 596 g/mol. The first-order valence-corrected chi connectivity index (χ1v) is 15.8. The van der Waals surface area contributed by atoms with Crippen LogP contribution in [0.15, 0.2) is 35.9 Å². The zero-order valence-electron chi connectivity index (χ0n) is 32.1. The lowest BCUT2D eigenvalue weighted by atomic mass is 9.84. The minimum Gasteiger partial charge on any atom is -0.431 e. The molecule has 272 valence electrons. The van der Waals surface area contributed by atoms with Crippen molar-refractivity contribution in [2.45, 2.75) is 108 Å². The summed E-state index contributed by atoms with van der Waals surface area (Å²) < 4.78 is 9.70. The largest absolute Gasteiger partial charge is 0.431 e. The van der Waals surface area contributed by atoms with Gasteiger partial charge in [0, 0.05) is 51.1 Å². The van der Waals surface area contributed by atoms with Crippen LogP contribution in [0.3, 0.4) is 0 Å². The monoisotopic (exact) mass is 665 g/mol. The molecule has 0 aliphatic heterocycles. The van der Waals surface area contributed by atoms with Crippen LogP contribution in [-0.4, -0.2) is 63.6 Å². The Morgan fingerprint density at radius 2 is 1.38 bits per heavy atom. The Labute approximate surface area is 287 Å². The quantitative estimate of drug-likeness (QED) is 0.0679. The van der Waals surface area contributed by atoms with Gasteiger partial charge >= 0.3 is 6.03 Å². The molecule has 1 rings (SSSR count). The van der Waals surface area contributed by atoms with Crippen LogP contribution in [0.2, 0.25) is 0 Å². The molecule has 47 heavy (non-hydrogen) atoms. The summed E-state index contributed by atoms with van der Waals surface area (Å²) in [5, 5.41) is 11.1. The van der Waals surface area contributed by atoms with Crippen molar-refractivity contribution in [2.24, 2.45) is 10.8 Å². The highest BCUT2D eigenvalue weighted by Gasteiger charge is 2.26. The van der Waals surface area contributed by atoms with E-state index in [1.54, 1.807) is 7.05 Å². The van der Waals surface area contributed by atoms with Crippen LogP contribution in [0.25, 0.3) is 6.08 Å². The van der Waals surface area contributed by atoms with Gasteiger partial charge in [-0.1, -0.05) is 63.9 Å². The average Bonchev–Trinajstić information content (AvgIpc) is 2.94. The van der Waals surface area contributed by atoms with Crippen molar-refractivity contribution in [2.75, 3.05) is 34.7 Å². The van der Waals surface area contributed by atoms with Crippen molar-refractivity contribution in [3.63, 3.8) is 0 Å². The molecule has 1 aromatic carbocycles. The fourth-order valence-corrected chi connectivity index (χ4v) is 2.65. The molecule has 0 spiro atoms. The third kappa shape index (κ3) is 35.1. The van der Waals surface area contributed by atoms with E-state index in [1.165, 1.54) is 14.2 Å². The average molecular weight is 665 g/mol. The fourth-order valence-electron chi connectivity index (χ4n) is 2.65. The van der Waals surface area contributed by atoms with Gasteiger partial charge in [-0.3, -0.25) is 20.3 Å². The maximum Gasteiger partial charge on any atom is 0.328 e. The molecule has 0 atom stereocenters. The molecular formula is C36H68N6O5. The Bertz CT molecular complexity index is 1100. The summed E-state index contributed by atoms with van der Waals surface area (Å²) in [4.78, 5) is 32.8. The number of hydrogen-bond donors (Lipinski definition) is 6. The highest BCUT2D eigenvalue weighted by molar-refractivity contribution is 5.99. The van der Waals surface area contributed by atoms with E-state index in [0.29, 0.717) is 19.9 Å². The van der Waals surface area contributed by atoms with E-state index >= 15 is 0 Å². The Balaban J connectivity index is -0.000000291. The van der Waals surface area contributed by atoms with Crippen molar-refractivity contribution in [1.82, 2.24) is 32.1 Å². The summed E-state index contributed by atoms with van der Waals surface area (Å²) in [7, 11) is 4.69. The summed E-state index contributed by atoms with van der Waals surface area (Å²) in [6.07, 6.45) is 5.24. The molecule has 0 aliphatic rings. The zero-order chi connectivity index (χ0) is 37.3. The molecule has 1 aromatic rings. The number of nitrogens with one attached hydrogen (secondary N) is 6. The topological polar surface area (TPSA) is 142 Å². The third-order valence-corrected chi connectivity index (χ3v) is 5.07. The highest BCUT2D eigenvalue weighted by Crippen LogP contribution is 2.28. The molecule has 11 heteroatoms. The number of carbonyl (C=O) groups excluding carboxylic acids is 3. The first-order valence-electron chi connectivity index (χ1n) is 15.8. The van der Waals surface area contributed by atoms with Crippen LogP contribution >= 0.6 is 0 Å². The molecule has 0 heterocycles. The standard InChI is InChI=1S/C17H25NO.C11H21NO.C4H11N3O2.C4H9NO.H2/c1-16(2,3)14(15(19)18-17(4,5)6)12-13-10-8-7-9-11-13;1-10(2,3)7-8-13-9-12-11(4,5)6;1-5-4(8)7-6-3-9-2;1-3-4(6)5-2;/h7-12H,1-6H3,(H,18,19);12H,9H2,1-6H3;6H,3H2,1-2H3,(H2,5,7,8);3H2,1-2H3,(H,5,6);1H/b14-12-;;;;. The summed E-state index contributed by atoms with van der Waals surface area (Å²) in [6, 6.07) is 9.67. The number of hydrogen-bond acceptors (Lipinski definition) is 7.